The molecule has 5 aromatic rings. The van der Waals surface area contributed by atoms with Crippen LogP contribution >= 0.6 is 0 Å². The summed E-state index contributed by atoms with van der Waals surface area (Å²) >= 11 is 0. The third-order valence-corrected chi connectivity index (χ3v) is 13.2. The Hall–Kier alpha value is -4.10. The van der Waals surface area contributed by atoms with E-state index in [1.807, 2.05) is 0 Å². The molecule has 0 amide bonds. The number of benzene rings is 5. The van der Waals surface area contributed by atoms with Crippen LogP contribution in [0, 0.1) is 23.7 Å². The summed E-state index contributed by atoms with van der Waals surface area (Å²) in [5.41, 5.74) is 17.0. The molecular formula is C54H67N. The Bertz CT molecular complexity index is 1920. The van der Waals surface area contributed by atoms with Gasteiger partial charge in [0.15, 0.2) is 0 Å². The van der Waals surface area contributed by atoms with Gasteiger partial charge in [-0.2, -0.15) is 0 Å². The zero-order valence-corrected chi connectivity index (χ0v) is 35.5. The number of anilines is 3. The molecule has 0 atom stereocenters. The molecule has 0 spiro atoms. The number of aryl methyl sites for hydroxylation is 1. The summed E-state index contributed by atoms with van der Waals surface area (Å²) in [7, 11) is 0. The van der Waals surface area contributed by atoms with Crippen LogP contribution in [0.1, 0.15) is 141 Å². The zero-order valence-electron chi connectivity index (χ0n) is 35.5. The molecule has 1 nitrogen and oxygen atoms in total. The zero-order chi connectivity index (χ0) is 38.9. The number of hydrogen-bond donors (Lipinski definition) is 0. The Morgan fingerprint density at radius 3 is 1.11 bits per heavy atom. The average molecular weight is 730 g/mol. The second-order valence-corrected chi connectivity index (χ2v) is 18.8. The van der Waals surface area contributed by atoms with Gasteiger partial charge in [-0.05, 0) is 168 Å². The van der Waals surface area contributed by atoms with Crippen LogP contribution in [0.15, 0.2) is 109 Å². The minimum Gasteiger partial charge on any atom is -0.310 e. The number of fused-ring (bicyclic) bond motifs is 6. The minimum atomic E-state index is 0.0106. The van der Waals surface area contributed by atoms with Gasteiger partial charge in [-0.1, -0.05) is 135 Å². The molecule has 0 heterocycles. The van der Waals surface area contributed by atoms with Crippen LogP contribution in [0.4, 0.5) is 17.1 Å². The molecule has 0 radical (unpaired) electrons. The van der Waals surface area contributed by atoms with E-state index in [9.17, 15) is 0 Å². The summed E-state index contributed by atoms with van der Waals surface area (Å²) < 4.78 is 0. The predicted octanol–water partition coefficient (Wildman–Crippen LogP) is 16.0. The molecular weight excluding hydrogens is 663 g/mol. The van der Waals surface area contributed by atoms with Crippen molar-refractivity contribution in [3.63, 3.8) is 0 Å². The summed E-state index contributed by atoms with van der Waals surface area (Å²) in [6.07, 6.45) is 10.6. The molecule has 0 unspecified atom stereocenters. The van der Waals surface area contributed by atoms with Crippen LogP contribution in [-0.4, -0.2) is 0 Å². The van der Waals surface area contributed by atoms with Gasteiger partial charge >= 0.3 is 0 Å². The standard InChI is InChI=1S/C54H67N/c1-10-41-19-21-42(22-20-41)55(43-23-25-47-45-15-11-13-17-49(45)53(51(47)35-43,31-27-37(2)3)32-28-38(4)5)44-24-26-48-46-16-12-14-18-50(46)54(52(48)36-44,33-29-39(6)7)34-30-40(8)9/h11-26,35-40H,10,27-34H2,1-9H3. The van der Waals surface area contributed by atoms with Gasteiger partial charge in [-0.25, -0.2) is 0 Å². The van der Waals surface area contributed by atoms with E-state index in [-0.39, 0.29) is 10.8 Å². The lowest BCUT2D eigenvalue weighted by Crippen LogP contribution is -2.27. The Morgan fingerprint density at radius 1 is 0.400 bits per heavy atom. The highest BCUT2D eigenvalue weighted by Gasteiger charge is 2.44. The highest BCUT2D eigenvalue weighted by atomic mass is 15.1. The third kappa shape index (κ3) is 7.46. The van der Waals surface area contributed by atoms with E-state index in [0.29, 0.717) is 23.7 Å². The molecule has 0 aliphatic heterocycles. The average Bonchev–Trinajstić information content (AvgIpc) is 3.61. The van der Waals surface area contributed by atoms with Crippen LogP contribution in [0.25, 0.3) is 22.3 Å². The maximum atomic E-state index is 2.61. The van der Waals surface area contributed by atoms with E-state index >= 15 is 0 Å². The number of nitrogens with zero attached hydrogens (tertiary/aromatic N) is 1. The summed E-state index contributed by atoms with van der Waals surface area (Å²) in [6.45, 7) is 21.4. The van der Waals surface area contributed by atoms with Crippen LogP contribution in [0.3, 0.4) is 0 Å². The molecule has 5 aromatic carbocycles. The Labute approximate surface area is 334 Å². The van der Waals surface area contributed by atoms with Crippen molar-refractivity contribution < 1.29 is 0 Å². The van der Waals surface area contributed by atoms with Crippen molar-refractivity contribution in [1.82, 2.24) is 0 Å². The molecule has 2 aliphatic rings. The maximum absolute atomic E-state index is 2.61. The first kappa shape index (κ1) is 39.1. The molecule has 55 heavy (non-hydrogen) atoms. The first-order chi connectivity index (χ1) is 26.5. The van der Waals surface area contributed by atoms with Gasteiger partial charge in [0, 0.05) is 27.9 Å². The van der Waals surface area contributed by atoms with Gasteiger partial charge in [-0.15, -0.1) is 0 Å². The number of hydrogen-bond acceptors (Lipinski definition) is 1. The van der Waals surface area contributed by atoms with Gasteiger partial charge in [-0.3, -0.25) is 0 Å². The smallest absolute Gasteiger partial charge is 0.0465 e. The van der Waals surface area contributed by atoms with Crippen LogP contribution in [0.2, 0.25) is 0 Å². The molecule has 7 rings (SSSR count). The van der Waals surface area contributed by atoms with E-state index in [2.05, 4.69) is 176 Å². The van der Waals surface area contributed by atoms with Gasteiger partial charge < -0.3 is 4.90 Å². The fourth-order valence-corrected chi connectivity index (χ4v) is 9.96. The van der Waals surface area contributed by atoms with Gasteiger partial charge in [0.1, 0.15) is 0 Å². The normalized spacial score (nSPS) is 14.8. The van der Waals surface area contributed by atoms with Crippen molar-refractivity contribution in [1.29, 1.82) is 0 Å². The highest BCUT2D eigenvalue weighted by Crippen LogP contribution is 2.58. The first-order valence-electron chi connectivity index (χ1n) is 21.8. The Balaban J connectivity index is 1.44. The van der Waals surface area contributed by atoms with Crippen molar-refractivity contribution in [2.75, 3.05) is 4.90 Å². The Morgan fingerprint density at radius 2 is 0.745 bits per heavy atom. The molecule has 1 heteroatoms. The lowest BCUT2D eigenvalue weighted by Gasteiger charge is -2.36. The van der Waals surface area contributed by atoms with Crippen LogP contribution < -0.4 is 4.90 Å². The molecule has 0 bridgehead atoms. The maximum Gasteiger partial charge on any atom is 0.0465 e. The van der Waals surface area contributed by atoms with Crippen LogP contribution in [0.5, 0.6) is 0 Å². The molecule has 0 N–H and O–H groups in total. The van der Waals surface area contributed by atoms with Gasteiger partial charge in [0.05, 0.1) is 0 Å². The second kappa shape index (κ2) is 16.2. The molecule has 0 saturated heterocycles. The van der Waals surface area contributed by atoms with E-state index in [1.54, 1.807) is 0 Å². The topological polar surface area (TPSA) is 3.24 Å². The second-order valence-electron chi connectivity index (χ2n) is 18.8. The van der Waals surface area contributed by atoms with Gasteiger partial charge in [0.2, 0.25) is 0 Å². The van der Waals surface area contributed by atoms with Crippen molar-refractivity contribution in [2.24, 2.45) is 23.7 Å². The third-order valence-electron chi connectivity index (χ3n) is 13.2. The molecule has 0 fully saturated rings. The van der Waals surface area contributed by atoms with Crippen molar-refractivity contribution >= 4 is 17.1 Å². The Kier molecular flexibility index (Phi) is 11.5. The quantitative estimate of drug-likeness (QED) is 0.0977. The lowest BCUT2D eigenvalue weighted by molar-refractivity contribution is 0.364. The summed E-state index contributed by atoms with van der Waals surface area (Å²) in [5.74, 6) is 2.63. The molecule has 288 valence electrons. The van der Waals surface area contributed by atoms with Crippen molar-refractivity contribution in [2.45, 2.75) is 131 Å². The highest BCUT2D eigenvalue weighted by molar-refractivity contribution is 5.88. The van der Waals surface area contributed by atoms with E-state index in [0.717, 1.165) is 6.42 Å². The molecule has 0 saturated carbocycles. The predicted molar refractivity (Wildman–Crippen MR) is 239 cm³/mol. The van der Waals surface area contributed by atoms with E-state index in [1.165, 1.54) is 118 Å². The van der Waals surface area contributed by atoms with Crippen molar-refractivity contribution in [3.8, 4) is 22.3 Å². The molecule has 2 aliphatic carbocycles. The monoisotopic (exact) mass is 730 g/mol. The summed E-state index contributed by atoms with van der Waals surface area (Å²) in [6, 6.07) is 43.0. The van der Waals surface area contributed by atoms with Gasteiger partial charge in [0.25, 0.3) is 0 Å². The first-order valence-corrected chi connectivity index (χ1v) is 21.8. The summed E-state index contributed by atoms with van der Waals surface area (Å²) in [5, 5.41) is 0. The minimum absolute atomic E-state index is 0.0106. The molecule has 0 aromatic heterocycles. The summed E-state index contributed by atoms with van der Waals surface area (Å²) in [4.78, 5) is 2.58. The van der Waals surface area contributed by atoms with E-state index in [4.69, 9.17) is 0 Å². The van der Waals surface area contributed by atoms with E-state index < -0.39 is 0 Å². The fraction of sp³-hybridized carbons (Fsp3) is 0.444. The fourth-order valence-electron chi connectivity index (χ4n) is 9.96. The SMILES string of the molecule is CCc1ccc(N(c2ccc3c(c2)C(CCC(C)C)(CCC(C)C)c2ccccc2-3)c2ccc3c(c2)C(CCC(C)C)(CCC(C)C)c2ccccc2-3)cc1. The van der Waals surface area contributed by atoms with Crippen molar-refractivity contribution in [3.05, 3.63) is 137 Å². The largest absolute Gasteiger partial charge is 0.310 e. The lowest BCUT2D eigenvalue weighted by atomic mass is 9.69. The van der Waals surface area contributed by atoms with Crippen LogP contribution in [-0.2, 0) is 17.3 Å². The number of rotatable bonds is 16.